The Morgan fingerprint density at radius 1 is 0.943 bits per heavy atom. The number of allylic oxidation sites excluding steroid dienone is 1. The number of pyridine rings is 1. The van der Waals surface area contributed by atoms with Crippen LogP contribution < -0.4 is 10.5 Å². The van der Waals surface area contributed by atoms with E-state index in [1.54, 1.807) is 12.0 Å². The zero-order valence-corrected chi connectivity index (χ0v) is 20.0. The fraction of sp³-hybridized carbons (Fsp3) is 0.321. The lowest BCUT2D eigenvalue weighted by Crippen LogP contribution is -2.40. The molecular weight excluding hydrogens is 440 g/mol. The van der Waals surface area contributed by atoms with E-state index in [2.05, 4.69) is 6.08 Å². The lowest BCUT2D eigenvalue weighted by Gasteiger charge is -2.27. The molecule has 1 aliphatic heterocycles. The van der Waals surface area contributed by atoms with Gasteiger partial charge in [0, 0.05) is 31.6 Å². The van der Waals surface area contributed by atoms with Crippen molar-refractivity contribution < 1.29 is 14.3 Å². The summed E-state index contributed by atoms with van der Waals surface area (Å²) < 4.78 is 5.29. The maximum absolute atomic E-state index is 14.0. The molecule has 180 valence electrons. The summed E-state index contributed by atoms with van der Waals surface area (Å²) in [5.41, 5.74) is 11.2. The lowest BCUT2D eigenvalue weighted by molar-refractivity contribution is 0.0763. The van der Waals surface area contributed by atoms with Crippen molar-refractivity contribution in [3.8, 4) is 5.75 Å². The van der Waals surface area contributed by atoms with Gasteiger partial charge in [-0.1, -0.05) is 30.3 Å². The number of carbonyl (C=O) groups is 2. The average Bonchev–Trinajstić information content (AvgIpc) is 3.14. The van der Waals surface area contributed by atoms with Gasteiger partial charge in [0.25, 0.3) is 5.91 Å². The molecule has 1 saturated heterocycles. The Labute approximate surface area is 205 Å². The third kappa shape index (κ3) is 4.58. The average molecular weight is 471 g/mol. The minimum absolute atomic E-state index is 0.0110. The van der Waals surface area contributed by atoms with Crippen LogP contribution >= 0.6 is 0 Å². The van der Waals surface area contributed by atoms with Crippen LogP contribution in [-0.2, 0) is 6.42 Å². The first-order chi connectivity index (χ1) is 17.0. The number of rotatable bonds is 3. The van der Waals surface area contributed by atoms with E-state index in [1.807, 2.05) is 53.4 Å². The van der Waals surface area contributed by atoms with Crippen molar-refractivity contribution in [2.24, 2.45) is 5.73 Å². The Morgan fingerprint density at radius 3 is 2.46 bits per heavy atom. The fourth-order valence-electron chi connectivity index (χ4n) is 5.12. The molecular formula is C28H30N4O3. The van der Waals surface area contributed by atoms with E-state index < -0.39 is 6.03 Å². The molecule has 35 heavy (non-hydrogen) atoms. The third-order valence-corrected chi connectivity index (χ3v) is 6.94. The number of para-hydroxylation sites is 1. The third-order valence-electron chi connectivity index (χ3n) is 6.94. The number of benzene rings is 2. The zero-order chi connectivity index (χ0) is 24.4. The Bertz CT molecular complexity index is 1300. The summed E-state index contributed by atoms with van der Waals surface area (Å²) in [6.07, 6.45) is 5.57. The van der Waals surface area contributed by atoms with Gasteiger partial charge in [-0.25, -0.2) is 9.78 Å². The van der Waals surface area contributed by atoms with Crippen LogP contribution in [0.2, 0.25) is 0 Å². The molecule has 7 heteroatoms. The molecule has 0 bridgehead atoms. The second kappa shape index (κ2) is 9.78. The summed E-state index contributed by atoms with van der Waals surface area (Å²) in [6, 6.07) is 15.4. The summed E-state index contributed by atoms with van der Waals surface area (Å²) in [7, 11) is 1.66. The van der Waals surface area contributed by atoms with Crippen LogP contribution in [0.5, 0.6) is 5.75 Å². The molecule has 2 aromatic carbocycles. The smallest absolute Gasteiger partial charge is 0.314 e. The first kappa shape index (κ1) is 22.9. The topological polar surface area (TPSA) is 88.8 Å². The molecule has 2 heterocycles. The van der Waals surface area contributed by atoms with Crippen LogP contribution in [0.25, 0.3) is 22.6 Å². The number of hydrogen-bond acceptors (Lipinski definition) is 4. The van der Waals surface area contributed by atoms with Gasteiger partial charge < -0.3 is 20.3 Å². The molecule has 2 N–H and O–H groups in total. The van der Waals surface area contributed by atoms with Crippen LogP contribution in [0.15, 0.2) is 48.5 Å². The maximum atomic E-state index is 14.0. The predicted molar refractivity (Wildman–Crippen MR) is 137 cm³/mol. The number of urea groups is 1. The number of aromatic nitrogens is 1. The predicted octanol–water partition coefficient (Wildman–Crippen LogP) is 4.35. The molecule has 0 unspecified atom stereocenters. The van der Waals surface area contributed by atoms with Crippen molar-refractivity contribution >= 4 is 34.5 Å². The molecule has 1 aliphatic carbocycles. The van der Waals surface area contributed by atoms with Crippen molar-refractivity contribution in [3.63, 3.8) is 0 Å². The largest absolute Gasteiger partial charge is 0.497 e. The standard InChI is InChI=1S/C28H30N4O3/c1-35-21-12-10-19(11-13-21)18-20-6-4-8-23-25(22-7-2-3-9-24(22)30-26(20)23)27(33)31-14-5-15-32(17-16-31)28(29)34/h2-3,7,9-13,18H,4-6,8,14-17H2,1H3,(H2,29,34)/b20-18+. The summed E-state index contributed by atoms with van der Waals surface area (Å²) >= 11 is 0. The Morgan fingerprint density at radius 2 is 1.69 bits per heavy atom. The first-order valence-corrected chi connectivity index (χ1v) is 12.2. The highest BCUT2D eigenvalue weighted by Gasteiger charge is 2.29. The van der Waals surface area contributed by atoms with Gasteiger partial charge in [0.1, 0.15) is 5.75 Å². The molecule has 7 nitrogen and oxygen atoms in total. The number of nitrogens with zero attached hydrogens (tertiary/aromatic N) is 3. The van der Waals surface area contributed by atoms with Crippen LogP contribution in [-0.4, -0.2) is 60.0 Å². The van der Waals surface area contributed by atoms with Crippen LogP contribution in [0, 0.1) is 0 Å². The molecule has 0 atom stereocenters. The van der Waals surface area contributed by atoms with Gasteiger partial charge in [-0.05, 0) is 66.7 Å². The van der Waals surface area contributed by atoms with Crippen LogP contribution in [0.3, 0.4) is 0 Å². The second-order valence-electron chi connectivity index (χ2n) is 9.10. The normalized spacial score (nSPS) is 17.2. The molecule has 3 amide bonds. The highest BCUT2D eigenvalue weighted by atomic mass is 16.5. The van der Waals surface area contributed by atoms with E-state index in [0.29, 0.717) is 32.6 Å². The zero-order valence-electron chi connectivity index (χ0n) is 20.0. The van der Waals surface area contributed by atoms with Gasteiger partial charge in [0.2, 0.25) is 0 Å². The molecule has 0 saturated carbocycles. The van der Waals surface area contributed by atoms with E-state index in [1.165, 1.54) is 0 Å². The highest BCUT2D eigenvalue weighted by molar-refractivity contribution is 6.09. The summed E-state index contributed by atoms with van der Waals surface area (Å²) in [6.45, 7) is 2.10. The number of amides is 3. The molecule has 0 radical (unpaired) electrons. The second-order valence-corrected chi connectivity index (χ2v) is 9.10. The number of methoxy groups -OCH3 is 1. The first-order valence-electron chi connectivity index (χ1n) is 12.2. The molecule has 5 rings (SSSR count). The highest BCUT2D eigenvalue weighted by Crippen LogP contribution is 2.37. The van der Waals surface area contributed by atoms with E-state index in [9.17, 15) is 9.59 Å². The Hall–Kier alpha value is -3.87. The summed E-state index contributed by atoms with van der Waals surface area (Å²) in [4.78, 5) is 34.2. The SMILES string of the molecule is COc1ccc(/C=C2\CCCc3c2nc2ccccc2c3C(=O)N2CCCN(C(N)=O)CC2)cc1. The van der Waals surface area contributed by atoms with Crippen molar-refractivity contribution in [1.29, 1.82) is 0 Å². The molecule has 2 aliphatic rings. The Kier molecular flexibility index (Phi) is 6.40. The van der Waals surface area contributed by atoms with E-state index in [-0.39, 0.29) is 5.91 Å². The number of nitrogens with two attached hydrogens (primary N) is 1. The number of ether oxygens (including phenoxy) is 1. The van der Waals surface area contributed by atoms with Gasteiger partial charge in [0.15, 0.2) is 0 Å². The van der Waals surface area contributed by atoms with Crippen molar-refractivity contribution in [3.05, 3.63) is 70.9 Å². The quantitative estimate of drug-likeness (QED) is 0.617. The minimum atomic E-state index is -0.431. The van der Waals surface area contributed by atoms with Crippen LogP contribution in [0.1, 0.15) is 46.4 Å². The number of fused-ring (bicyclic) bond motifs is 2. The van der Waals surface area contributed by atoms with Gasteiger partial charge >= 0.3 is 6.03 Å². The number of hydrogen-bond donors (Lipinski definition) is 1. The van der Waals surface area contributed by atoms with Gasteiger partial charge in [0.05, 0.1) is 23.9 Å². The van der Waals surface area contributed by atoms with E-state index in [4.69, 9.17) is 15.5 Å². The minimum Gasteiger partial charge on any atom is -0.497 e. The van der Waals surface area contributed by atoms with E-state index in [0.717, 1.165) is 63.9 Å². The molecule has 1 fully saturated rings. The van der Waals surface area contributed by atoms with Gasteiger partial charge in [-0.2, -0.15) is 0 Å². The Balaban J connectivity index is 1.57. The number of primary amides is 1. The van der Waals surface area contributed by atoms with E-state index >= 15 is 0 Å². The van der Waals surface area contributed by atoms with Crippen molar-refractivity contribution in [2.45, 2.75) is 25.7 Å². The molecule has 3 aromatic rings. The van der Waals surface area contributed by atoms with Crippen LogP contribution in [0.4, 0.5) is 4.79 Å². The molecule has 0 spiro atoms. The maximum Gasteiger partial charge on any atom is 0.314 e. The summed E-state index contributed by atoms with van der Waals surface area (Å²) in [5.74, 6) is 0.831. The fourth-order valence-corrected chi connectivity index (χ4v) is 5.12. The van der Waals surface area contributed by atoms with Crippen molar-refractivity contribution in [2.75, 3.05) is 33.3 Å². The molecule has 1 aromatic heterocycles. The van der Waals surface area contributed by atoms with Crippen molar-refractivity contribution in [1.82, 2.24) is 14.8 Å². The monoisotopic (exact) mass is 470 g/mol. The number of carbonyl (C=O) groups excluding carboxylic acids is 2. The van der Waals surface area contributed by atoms with Gasteiger partial charge in [-0.3, -0.25) is 4.79 Å². The van der Waals surface area contributed by atoms with Gasteiger partial charge in [-0.15, -0.1) is 0 Å². The lowest BCUT2D eigenvalue weighted by atomic mass is 9.85. The summed E-state index contributed by atoms with van der Waals surface area (Å²) in [5, 5.41) is 0.887.